The van der Waals surface area contributed by atoms with Gasteiger partial charge in [-0.1, -0.05) is 97.5 Å². The lowest BCUT2D eigenvalue weighted by Gasteiger charge is -2.16. The summed E-state index contributed by atoms with van der Waals surface area (Å²) in [5.74, 6) is 1.68. The van der Waals surface area contributed by atoms with Gasteiger partial charge in [0, 0.05) is 12.5 Å². The standard InChI is InChI=1S/C25H49NO2/c1-5-16-22(3)20-23(4)18-14-12-10-8-7-9-11-13-15-19-25(27)28-21-24(26)17-6-2/h6,22-24H,2,5,7-21,26H2,1,3-4H3. The zero-order valence-corrected chi connectivity index (χ0v) is 19.2. The van der Waals surface area contributed by atoms with Gasteiger partial charge in [0.25, 0.3) is 0 Å². The Kier molecular flexibility index (Phi) is 18.9. The summed E-state index contributed by atoms with van der Waals surface area (Å²) in [7, 11) is 0. The van der Waals surface area contributed by atoms with Gasteiger partial charge in [-0.15, -0.1) is 6.58 Å². The Bertz CT molecular complexity index is 370. The zero-order valence-electron chi connectivity index (χ0n) is 19.2. The lowest BCUT2D eigenvalue weighted by molar-refractivity contribution is -0.144. The van der Waals surface area contributed by atoms with Crippen molar-refractivity contribution in [3.05, 3.63) is 12.7 Å². The Morgan fingerprint density at radius 2 is 1.46 bits per heavy atom. The van der Waals surface area contributed by atoms with Gasteiger partial charge >= 0.3 is 5.97 Å². The van der Waals surface area contributed by atoms with E-state index in [-0.39, 0.29) is 12.0 Å². The highest BCUT2D eigenvalue weighted by atomic mass is 16.5. The maximum absolute atomic E-state index is 11.6. The third-order valence-electron chi connectivity index (χ3n) is 5.59. The number of hydrogen-bond acceptors (Lipinski definition) is 3. The van der Waals surface area contributed by atoms with Crippen molar-refractivity contribution < 1.29 is 9.53 Å². The summed E-state index contributed by atoms with van der Waals surface area (Å²) in [5.41, 5.74) is 5.78. The summed E-state index contributed by atoms with van der Waals surface area (Å²) >= 11 is 0. The van der Waals surface area contributed by atoms with Crippen molar-refractivity contribution in [1.29, 1.82) is 0 Å². The Balaban J connectivity index is 3.33. The maximum atomic E-state index is 11.6. The topological polar surface area (TPSA) is 52.3 Å². The molecule has 0 amide bonds. The van der Waals surface area contributed by atoms with Crippen LogP contribution in [0.25, 0.3) is 0 Å². The van der Waals surface area contributed by atoms with E-state index in [9.17, 15) is 4.79 Å². The van der Waals surface area contributed by atoms with Gasteiger partial charge in [-0.25, -0.2) is 0 Å². The molecule has 3 heteroatoms. The van der Waals surface area contributed by atoms with Crippen LogP contribution in [0.4, 0.5) is 0 Å². The van der Waals surface area contributed by atoms with E-state index in [1.165, 1.54) is 70.6 Å². The minimum absolute atomic E-state index is 0.113. The SMILES string of the molecule is C=CCC(N)COC(=O)CCCCCCCCCCCC(C)CC(C)CCC. The van der Waals surface area contributed by atoms with E-state index < -0.39 is 0 Å². The fourth-order valence-electron chi connectivity index (χ4n) is 3.97. The molecule has 0 aromatic rings. The molecule has 3 atom stereocenters. The highest BCUT2D eigenvalue weighted by Crippen LogP contribution is 2.21. The molecular weight excluding hydrogens is 346 g/mol. The molecule has 0 aromatic heterocycles. The van der Waals surface area contributed by atoms with E-state index in [1.54, 1.807) is 6.08 Å². The lowest BCUT2D eigenvalue weighted by atomic mass is 9.90. The summed E-state index contributed by atoms with van der Waals surface area (Å²) in [6.07, 6.45) is 20.0. The first kappa shape index (κ1) is 27.2. The number of nitrogens with two attached hydrogens (primary N) is 1. The fraction of sp³-hybridized carbons (Fsp3) is 0.880. The van der Waals surface area contributed by atoms with Gasteiger partial charge in [-0.3, -0.25) is 4.79 Å². The summed E-state index contributed by atoms with van der Waals surface area (Å²) < 4.78 is 5.18. The number of carbonyl (C=O) groups is 1. The van der Waals surface area contributed by atoms with Crippen molar-refractivity contribution in [2.24, 2.45) is 17.6 Å². The van der Waals surface area contributed by atoms with Crippen LogP contribution in [-0.4, -0.2) is 18.6 Å². The second-order valence-corrected chi connectivity index (χ2v) is 8.92. The molecule has 0 saturated carbocycles. The van der Waals surface area contributed by atoms with Crippen LogP contribution >= 0.6 is 0 Å². The van der Waals surface area contributed by atoms with Gasteiger partial charge in [-0.2, -0.15) is 0 Å². The lowest BCUT2D eigenvalue weighted by Crippen LogP contribution is -2.26. The van der Waals surface area contributed by atoms with Crippen LogP contribution in [0, 0.1) is 11.8 Å². The molecule has 166 valence electrons. The minimum Gasteiger partial charge on any atom is -0.464 e. The van der Waals surface area contributed by atoms with Crippen LogP contribution in [0.1, 0.15) is 117 Å². The van der Waals surface area contributed by atoms with Crippen molar-refractivity contribution in [2.75, 3.05) is 6.61 Å². The molecule has 0 spiro atoms. The molecular formula is C25H49NO2. The minimum atomic E-state index is -0.116. The second kappa shape index (κ2) is 19.5. The molecule has 0 saturated heterocycles. The van der Waals surface area contributed by atoms with Crippen LogP contribution in [0.5, 0.6) is 0 Å². The third kappa shape index (κ3) is 18.5. The Morgan fingerprint density at radius 1 is 0.929 bits per heavy atom. The number of ether oxygens (including phenoxy) is 1. The monoisotopic (exact) mass is 395 g/mol. The van der Waals surface area contributed by atoms with Crippen LogP contribution in [-0.2, 0) is 9.53 Å². The molecule has 0 fully saturated rings. The molecule has 3 nitrogen and oxygen atoms in total. The summed E-state index contributed by atoms with van der Waals surface area (Å²) in [5, 5.41) is 0. The van der Waals surface area contributed by atoms with Crippen LogP contribution in [0.15, 0.2) is 12.7 Å². The highest BCUT2D eigenvalue weighted by molar-refractivity contribution is 5.69. The molecule has 0 heterocycles. The van der Waals surface area contributed by atoms with E-state index in [0.29, 0.717) is 19.4 Å². The first-order chi connectivity index (χ1) is 13.5. The summed E-state index contributed by atoms with van der Waals surface area (Å²) in [6, 6.07) is -0.116. The van der Waals surface area contributed by atoms with E-state index in [4.69, 9.17) is 10.5 Å². The van der Waals surface area contributed by atoms with Crippen LogP contribution < -0.4 is 5.73 Å². The second-order valence-electron chi connectivity index (χ2n) is 8.92. The number of esters is 1. The first-order valence-electron chi connectivity index (χ1n) is 12.0. The fourth-order valence-corrected chi connectivity index (χ4v) is 3.97. The highest BCUT2D eigenvalue weighted by Gasteiger charge is 2.08. The van der Waals surface area contributed by atoms with Crippen molar-refractivity contribution in [2.45, 2.75) is 123 Å². The van der Waals surface area contributed by atoms with Gasteiger partial charge in [-0.05, 0) is 31.1 Å². The van der Waals surface area contributed by atoms with Gasteiger partial charge in [0.2, 0.25) is 0 Å². The summed E-state index contributed by atoms with van der Waals surface area (Å²) in [4.78, 5) is 11.6. The molecule has 0 aliphatic carbocycles. The maximum Gasteiger partial charge on any atom is 0.305 e. The van der Waals surface area contributed by atoms with Crippen molar-refractivity contribution in [1.82, 2.24) is 0 Å². The van der Waals surface area contributed by atoms with E-state index >= 15 is 0 Å². The Morgan fingerprint density at radius 3 is 2.04 bits per heavy atom. The first-order valence-corrected chi connectivity index (χ1v) is 12.0. The normalized spacial score (nSPS) is 14.4. The van der Waals surface area contributed by atoms with Gasteiger partial charge in [0.05, 0.1) is 0 Å². The zero-order chi connectivity index (χ0) is 21.0. The largest absolute Gasteiger partial charge is 0.464 e. The number of carbonyl (C=O) groups excluding carboxylic acids is 1. The number of rotatable bonds is 20. The molecule has 0 rings (SSSR count). The van der Waals surface area contributed by atoms with E-state index in [2.05, 4.69) is 27.4 Å². The molecule has 28 heavy (non-hydrogen) atoms. The molecule has 0 bridgehead atoms. The number of unbranched alkanes of at least 4 members (excludes halogenated alkanes) is 8. The predicted octanol–water partition coefficient (Wildman–Crippen LogP) is 7.19. The smallest absolute Gasteiger partial charge is 0.305 e. The Hall–Kier alpha value is -0.830. The molecule has 0 aromatic carbocycles. The van der Waals surface area contributed by atoms with Gasteiger partial charge in [0.15, 0.2) is 0 Å². The van der Waals surface area contributed by atoms with Crippen molar-refractivity contribution >= 4 is 5.97 Å². The van der Waals surface area contributed by atoms with E-state index in [1.807, 2.05) is 0 Å². The molecule has 0 aliphatic heterocycles. The molecule has 0 radical (unpaired) electrons. The average Bonchev–Trinajstić information content (AvgIpc) is 2.64. The van der Waals surface area contributed by atoms with E-state index in [0.717, 1.165) is 24.7 Å². The number of hydrogen-bond donors (Lipinski definition) is 1. The molecule has 2 N–H and O–H groups in total. The third-order valence-corrected chi connectivity index (χ3v) is 5.59. The van der Waals surface area contributed by atoms with Gasteiger partial charge < -0.3 is 10.5 Å². The van der Waals surface area contributed by atoms with Crippen molar-refractivity contribution in [3.63, 3.8) is 0 Å². The Labute approximate surface area is 175 Å². The van der Waals surface area contributed by atoms with Gasteiger partial charge in [0.1, 0.15) is 6.61 Å². The summed E-state index contributed by atoms with van der Waals surface area (Å²) in [6.45, 7) is 11.1. The van der Waals surface area contributed by atoms with Crippen LogP contribution in [0.2, 0.25) is 0 Å². The quantitative estimate of drug-likeness (QED) is 0.135. The van der Waals surface area contributed by atoms with Crippen LogP contribution in [0.3, 0.4) is 0 Å². The van der Waals surface area contributed by atoms with Crippen molar-refractivity contribution in [3.8, 4) is 0 Å². The average molecular weight is 396 g/mol. The molecule has 3 unspecified atom stereocenters. The molecule has 0 aliphatic rings. The predicted molar refractivity (Wildman–Crippen MR) is 122 cm³/mol.